The van der Waals surface area contributed by atoms with Crippen molar-refractivity contribution in [2.24, 2.45) is 0 Å². The zero-order chi connectivity index (χ0) is 12.4. The fourth-order valence-corrected chi connectivity index (χ4v) is 1.86. The number of rotatable bonds is 4. The summed E-state index contributed by atoms with van der Waals surface area (Å²) >= 11 is 0. The maximum absolute atomic E-state index is 11.7. The highest BCUT2D eigenvalue weighted by molar-refractivity contribution is 6.02. The van der Waals surface area contributed by atoms with Gasteiger partial charge in [0.1, 0.15) is 11.8 Å². The number of amides is 1. The molecule has 0 saturated heterocycles. The number of hydrogen-bond donors (Lipinski definition) is 3. The maximum Gasteiger partial charge on any atom is 0.246 e. The topological polar surface area (TPSA) is 70.6 Å². The highest BCUT2D eigenvalue weighted by Gasteiger charge is 2.30. The molecular weight excluding hydrogens is 220 g/mol. The first-order chi connectivity index (χ1) is 8.11. The average molecular weight is 236 g/mol. The van der Waals surface area contributed by atoms with Crippen molar-refractivity contribution in [1.29, 1.82) is 0 Å². The van der Waals surface area contributed by atoms with Crippen LogP contribution in [0.2, 0.25) is 0 Å². The van der Waals surface area contributed by atoms with E-state index in [4.69, 9.17) is 4.74 Å². The largest absolute Gasteiger partial charge is 0.497 e. The molecule has 0 saturated carbocycles. The third-order valence-electron chi connectivity index (χ3n) is 2.71. The Hall–Kier alpha value is -1.59. The molecule has 1 aromatic carbocycles. The van der Waals surface area contributed by atoms with E-state index >= 15 is 0 Å². The molecule has 17 heavy (non-hydrogen) atoms. The molecular formula is C12H16N2O3. The first kappa shape index (κ1) is 11.9. The van der Waals surface area contributed by atoms with Gasteiger partial charge < -0.3 is 15.2 Å². The van der Waals surface area contributed by atoms with Crippen molar-refractivity contribution >= 4 is 11.6 Å². The summed E-state index contributed by atoms with van der Waals surface area (Å²) in [5.74, 6) is 0.606. The molecule has 0 spiro atoms. The Morgan fingerprint density at radius 2 is 2.35 bits per heavy atom. The highest BCUT2D eigenvalue weighted by Crippen LogP contribution is 2.33. The monoisotopic (exact) mass is 236 g/mol. The molecule has 0 aromatic heterocycles. The van der Waals surface area contributed by atoms with Crippen molar-refractivity contribution in [2.75, 3.05) is 19.0 Å². The number of aliphatic hydroxyl groups is 1. The van der Waals surface area contributed by atoms with E-state index in [-0.39, 0.29) is 5.91 Å². The third-order valence-corrected chi connectivity index (χ3v) is 2.71. The van der Waals surface area contributed by atoms with E-state index in [0.29, 0.717) is 12.3 Å². The van der Waals surface area contributed by atoms with Gasteiger partial charge in [-0.2, -0.15) is 0 Å². The maximum atomic E-state index is 11.7. The van der Waals surface area contributed by atoms with Gasteiger partial charge >= 0.3 is 0 Å². The lowest BCUT2D eigenvalue weighted by molar-refractivity contribution is -0.117. The van der Waals surface area contributed by atoms with Crippen LogP contribution in [-0.2, 0) is 4.79 Å². The molecule has 3 N–H and O–H groups in total. The van der Waals surface area contributed by atoms with Crippen LogP contribution in [0.3, 0.4) is 0 Å². The minimum absolute atomic E-state index is 0.103. The molecule has 1 aromatic rings. The second-order valence-electron chi connectivity index (χ2n) is 4.13. The Bertz CT molecular complexity index is 432. The standard InChI is InChI=1S/C12H16N2O3/c1-7(15)6-13-11-9-4-3-8(17-2)5-10(9)14-12(11)16/h3-5,7,11,13,15H,6H2,1-2H3,(H,14,16). The third kappa shape index (κ3) is 2.40. The number of methoxy groups -OCH3 is 1. The van der Waals surface area contributed by atoms with Crippen molar-refractivity contribution in [1.82, 2.24) is 5.32 Å². The van der Waals surface area contributed by atoms with E-state index in [1.54, 1.807) is 20.1 Å². The number of nitrogens with one attached hydrogen (secondary N) is 2. The van der Waals surface area contributed by atoms with Gasteiger partial charge in [-0.25, -0.2) is 0 Å². The van der Waals surface area contributed by atoms with Crippen LogP contribution in [0.5, 0.6) is 5.75 Å². The first-order valence-electron chi connectivity index (χ1n) is 5.52. The number of ether oxygens (including phenoxy) is 1. The summed E-state index contributed by atoms with van der Waals surface area (Å²) in [5, 5.41) is 15.0. The van der Waals surface area contributed by atoms with Gasteiger partial charge in [-0.15, -0.1) is 0 Å². The smallest absolute Gasteiger partial charge is 0.246 e. The van der Waals surface area contributed by atoms with E-state index < -0.39 is 12.1 Å². The normalized spacial score (nSPS) is 19.7. The molecule has 0 fully saturated rings. The molecule has 0 aliphatic carbocycles. The molecule has 1 heterocycles. The molecule has 0 bridgehead atoms. The lowest BCUT2D eigenvalue weighted by Crippen LogP contribution is -2.32. The molecule has 5 nitrogen and oxygen atoms in total. The van der Waals surface area contributed by atoms with Crippen LogP contribution in [-0.4, -0.2) is 30.8 Å². The van der Waals surface area contributed by atoms with E-state index in [1.807, 2.05) is 12.1 Å². The molecule has 1 aliphatic rings. The zero-order valence-electron chi connectivity index (χ0n) is 9.86. The van der Waals surface area contributed by atoms with Crippen LogP contribution < -0.4 is 15.4 Å². The number of hydrogen-bond acceptors (Lipinski definition) is 4. The van der Waals surface area contributed by atoms with E-state index in [9.17, 15) is 9.90 Å². The fraction of sp³-hybridized carbons (Fsp3) is 0.417. The van der Waals surface area contributed by atoms with Gasteiger partial charge in [0.15, 0.2) is 0 Å². The Morgan fingerprint density at radius 1 is 1.59 bits per heavy atom. The predicted octanol–water partition coefficient (Wildman–Crippen LogP) is 0.659. The minimum atomic E-state index is -0.481. The van der Waals surface area contributed by atoms with Crippen LogP contribution in [0.4, 0.5) is 5.69 Å². The van der Waals surface area contributed by atoms with Crippen LogP contribution in [0.15, 0.2) is 18.2 Å². The Balaban J connectivity index is 2.19. The minimum Gasteiger partial charge on any atom is -0.497 e. The number of carbonyl (C=O) groups is 1. The molecule has 2 atom stereocenters. The lowest BCUT2D eigenvalue weighted by Gasteiger charge is -2.12. The number of benzene rings is 1. The lowest BCUT2D eigenvalue weighted by atomic mass is 10.1. The molecule has 0 radical (unpaired) electrons. The SMILES string of the molecule is COc1ccc2c(c1)NC(=O)C2NCC(C)O. The highest BCUT2D eigenvalue weighted by atomic mass is 16.5. The quantitative estimate of drug-likeness (QED) is 0.718. The van der Waals surface area contributed by atoms with Gasteiger partial charge in [-0.1, -0.05) is 6.07 Å². The number of anilines is 1. The summed E-state index contributed by atoms with van der Waals surface area (Å²) in [6.45, 7) is 2.05. The summed E-state index contributed by atoms with van der Waals surface area (Å²) in [6, 6.07) is 5.06. The average Bonchev–Trinajstić information content (AvgIpc) is 2.60. The predicted molar refractivity (Wildman–Crippen MR) is 64.0 cm³/mol. The van der Waals surface area contributed by atoms with Gasteiger partial charge in [-0.05, 0) is 13.0 Å². The van der Waals surface area contributed by atoms with Gasteiger partial charge in [0.25, 0.3) is 0 Å². The van der Waals surface area contributed by atoms with Crippen molar-refractivity contribution in [3.8, 4) is 5.75 Å². The Labute approximate surface area is 99.8 Å². The molecule has 92 valence electrons. The molecule has 2 unspecified atom stereocenters. The number of carbonyl (C=O) groups excluding carboxylic acids is 1. The van der Waals surface area contributed by atoms with Crippen molar-refractivity contribution < 1.29 is 14.6 Å². The van der Waals surface area contributed by atoms with Crippen molar-refractivity contribution in [3.05, 3.63) is 23.8 Å². The molecule has 2 rings (SSSR count). The van der Waals surface area contributed by atoms with E-state index in [1.165, 1.54) is 0 Å². The van der Waals surface area contributed by atoms with Crippen molar-refractivity contribution in [3.63, 3.8) is 0 Å². The van der Waals surface area contributed by atoms with Gasteiger partial charge in [0.2, 0.25) is 5.91 Å². The van der Waals surface area contributed by atoms with Crippen LogP contribution in [0, 0.1) is 0 Å². The fourth-order valence-electron chi connectivity index (χ4n) is 1.86. The van der Waals surface area contributed by atoms with Gasteiger partial charge in [0, 0.05) is 23.9 Å². The first-order valence-corrected chi connectivity index (χ1v) is 5.52. The summed E-state index contributed by atoms with van der Waals surface area (Å²) in [5.41, 5.74) is 1.65. The van der Waals surface area contributed by atoms with Gasteiger partial charge in [0.05, 0.1) is 13.2 Å². The summed E-state index contributed by atoms with van der Waals surface area (Å²) in [6.07, 6.45) is -0.481. The zero-order valence-corrected chi connectivity index (χ0v) is 9.86. The summed E-state index contributed by atoms with van der Waals surface area (Å²) in [4.78, 5) is 11.7. The Kier molecular flexibility index (Phi) is 3.31. The van der Waals surface area contributed by atoms with Gasteiger partial charge in [-0.3, -0.25) is 10.1 Å². The van der Waals surface area contributed by atoms with E-state index in [2.05, 4.69) is 10.6 Å². The van der Waals surface area contributed by atoms with Crippen LogP contribution in [0.25, 0.3) is 0 Å². The number of aliphatic hydroxyl groups excluding tert-OH is 1. The second kappa shape index (κ2) is 4.73. The molecule has 5 heteroatoms. The van der Waals surface area contributed by atoms with Crippen LogP contribution >= 0.6 is 0 Å². The summed E-state index contributed by atoms with van der Waals surface area (Å²) < 4.78 is 5.10. The van der Waals surface area contributed by atoms with E-state index in [0.717, 1.165) is 11.3 Å². The molecule has 1 aliphatic heterocycles. The Morgan fingerprint density at radius 3 is 3.00 bits per heavy atom. The van der Waals surface area contributed by atoms with Crippen molar-refractivity contribution in [2.45, 2.75) is 19.1 Å². The number of fused-ring (bicyclic) bond motifs is 1. The second-order valence-corrected chi connectivity index (χ2v) is 4.13. The molecule has 1 amide bonds. The summed E-state index contributed by atoms with van der Waals surface area (Å²) in [7, 11) is 1.58. The van der Waals surface area contributed by atoms with Crippen LogP contribution in [0.1, 0.15) is 18.5 Å².